The quantitative estimate of drug-likeness (QED) is 0.249. The fraction of sp³-hybridized carbons (Fsp3) is 0.200. The number of nitrogens with zero attached hydrogens (tertiary/aromatic N) is 1. The number of imide groups is 1. The molecule has 0 fully saturated rings. The zero-order chi connectivity index (χ0) is 26.5. The van der Waals surface area contributed by atoms with Crippen LogP contribution in [0.3, 0.4) is 0 Å². The van der Waals surface area contributed by atoms with Gasteiger partial charge < -0.3 is 4.74 Å². The lowest BCUT2D eigenvalue weighted by molar-refractivity contribution is -0.0761. The van der Waals surface area contributed by atoms with E-state index in [0.29, 0.717) is 16.7 Å². The van der Waals surface area contributed by atoms with Gasteiger partial charge in [0, 0.05) is 5.39 Å². The van der Waals surface area contributed by atoms with Crippen LogP contribution in [-0.4, -0.2) is 36.4 Å². The smallest absolute Gasteiger partial charge is 0.488 e. The van der Waals surface area contributed by atoms with Crippen molar-refractivity contribution in [1.29, 1.82) is 0 Å². The maximum atomic E-state index is 12.8. The first-order valence-corrected chi connectivity index (χ1v) is 12.0. The molecule has 7 nitrogen and oxygen atoms in total. The van der Waals surface area contributed by atoms with E-state index < -0.39 is 27.4 Å². The van der Waals surface area contributed by atoms with E-state index in [1.807, 2.05) is 51.1 Å². The van der Waals surface area contributed by atoms with Crippen LogP contribution in [0.4, 0.5) is 13.2 Å². The Morgan fingerprint density at radius 3 is 2.03 bits per heavy atom. The second-order valence-electron chi connectivity index (χ2n) is 8.93. The Hall–Kier alpha value is -3.70. The summed E-state index contributed by atoms with van der Waals surface area (Å²) in [6.07, 6.45) is 3.57. The Kier molecular flexibility index (Phi) is 6.17. The summed E-state index contributed by atoms with van der Waals surface area (Å²) in [5, 5.41) is 0.290. The number of halogens is 3. The highest BCUT2D eigenvalue weighted by Crippen LogP contribution is 2.35. The number of hydrogen-bond donors (Lipinski definition) is 0. The monoisotopic (exact) mass is 519 g/mol. The summed E-state index contributed by atoms with van der Waals surface area (Å²) >= 11 is 0. The minimum atomic E-state index is -6.23. The molecule has 0 aromatic heterocycles. The number of carbonyl (C=O) groups is 2. The Balaban J connectivity index is 1.68. The van der Waals surface area contributed by atoms with Gasteiger partial charge in [-0.25, -0.2) is 0 Å². The number of hydroxylamine groups is 2. The molecule has 0 spiro atoms. The van der Waals surface area contributed by atoms with Crippen LogP contribution in [0.25, 0.3) is 22.9 Å². The first-order valence-electron chi connectivity index (χ1n) is 10.6. The summed E-state index contributed by atoms with van der Waals surface area (Å²) in [5.41, 5.74) is -5.01. The molecule has 0 unspecified atom stereocenters. The fourth-order valence-corrected chi connectivity index (χ4v) is 4.05. The van der Waals surface area contributed by atoms with Crippen molar-refractivity contribution >= 4 is 44.9 Å². The fourth-order valence-electron chi connectivity index (χ4n) is 3.64. The van der Waals surface area contributed by atoms with Gasteiger partial charge in [-0.3, -0.25) is 9.59 Å². The number of ether oxygens (including phenoxy) is 1. The Morgan fingerprint density at radius 2 is 1.44 bits per heavy atom. The summed E-state index contributed by atoms with van der Waals surface area (Å²) in [7, 11) is -6.23. The molecule has 2 amide bonds. The zero-order valence-corrected chi connectivity index (χ0v) is 20.1. The molecule has 1 aliphatic heterocycles. The molecule has 0 radical (unpaired) electrons. The highest BCUT2D eigenvalue weighted by Gasteiger charge is 2.51. The minimum Gasteiger partial charge on any atom is -0.488 e. The zero-order valence-electron chi connectivity index (χ0n) is 19.3. The average molecular weight is 519 g/mol. The molecule has 4 rings (SSSR count). The van der Waals surface area contributed by atoms with Crippen molar-refractivity contribution in [1.82, 2.24) is 5.06 Å². The minimum absolute atomic E-state index is 0.168. The molecule has 0 atom stereocenters. The first kappa shape index (κ1) is 25.4. The molecule has 0 saturated heterocycles. The topological polar surface area (TPSA) is 90.0 Å². The normalized spacial score (nSPS) is 14.7. The molecule has 1 aliphatic rings. The van der Waals surface area contributed by atoms with Crippen molar-refractivity contribution in [3.63, 3.8) is 0 Å². The van der Waals surface area contributed by atoms with E-state index in [-0.39, 0.29) is 27.2 Å². The van der Waals surface area contributed by atoms with Crippen molar-refractivity contribution in [3.8, 4) is 5.75 Å². The van der Waals surface area contributed by atoms with Gasteiger partial charge in [0.25, 0.3) is 11.8 Å². The molecule has 188 valence electrons. The first-order chi connectivity index (χ1) is 16.7. The number of hydrogen-bond acceptors (Lipinski definition) is 6. The lowest BCUT2D eigenvalue weighted by Crippen LogP contribution is -2.44. The van der Waals surface area contributed by atoms with Gasteiger partial charge in [-0.05, 0) is 61.5 Å². The van der Waals surface area contributed by atoms with Crippen molar-refractivity contribution < 1.29 is 40.2 Å². The third kappa shape index (κ3) is 4.84. The third-order valence-electron chi connectivity index (χ3n) is 5.12. The van der Waals surface area contributed by atoms with E-state index in [2.05, 4.69) is 4.28 Å². The van der Waals surface area contributed by atoms with Gasteiger partial charge in [0.05, 0.1) is 11.1 Å². The van der Waals surface area contributed by atoms with Crippen LogP contribution in [0.2, 0.25) is 0 Å². The van der Waals surface area contributed by atoms with Crippen molar-refractivity contribution in [2.24, 2.45) is 0 Å². The number of alkyl halides is 3. The molecule has 0 aliphatic carbocycles. The molecular formula is C25H20F3NO6S. The molecule has 0 saturated carbocycles. The van der Waals surface area contributed by atoms with Crippen molar-refractivity contribution in [3.05, 3.63) is 76.9 Å². The van der Waals surface area contributed by atoms with Crippen LogP contribution < -0.4 is 4.74 Å². The van der Waals surface area contributed by atoms with Crippen LogP contribution in [0.1, 0.15) is 52.6 Å². The predicted molar refractivity (Wildman–Crippen MR) is 126 cm³/mol. The summed E-state index contributed by atoms with van der Waals surface area (Å²) in [4.78, 5) is 25.5. The van der Waals surface area contributed by atoms with E-state index in [9.17, 15) is 31.2 Å². The standard InChI is InChI=1S/C25H20F3NO6S/c1-24(2,3)34-17-12-8-15(9-13-17)7-10-16-11-14-20-21-18(16)5-4-6-19(21)22(30)29(23(20)31)35-36(32,33)25(26,27)28/h4-14H,1-3H3/b10-7+. The Labute approximate surface area is 204 Å². The average Bonchev–Trinajstić information content (AvgIpc) is 2.78. The lowest BCUT2D eigenvalue weighted by Gasteiger charge is -2.26. The van der Waals surface area contributed by atoms with E-state index in [4.69, 9.17) is 4.74 Å². The summed E-state index contributed by atoms with van der Waals surface area (Å²) < 4.78 is 70.8. The van der Waals surface area contributed by atoms with Crippen LogP contribution >= 0.6 is 0 Å². The summed E-state index contributed by atoms with van der Waals surface area (Å²) in [6, 6.07) is 14.6. The second-order valence-corrected chi connectivity index (χ2v) is 10.4. The molecule has 36 heavy (non-hydrogen) atoms. The number of carbonyl (C=O) groups excluding carboxylic acids is 2. The number of benzene rings is 3. The maximum absolute atomic E-state index is 12.8. The van der Waals surface area contributed by atoms with E-state index >= 15 is 0 Å². The molecule has 11 heteroatoms. The molecule has 1 heterocycles. The van der Waals surface area contributed by atoms with Crippen molar-refractivity contribution in [2.45, 2.75) is 31.9 Å². The second kappa shape index (κ2) is 8.75. The van der Waals surface area contributed by atoms with Crippen LogP contribution in [-0.2, 0) is 14.4 Å². The Morgan fingerprint density at radius 1 is 0.833 bits per heavy atom. The van der Waals surface area contributed by atoms with Gasteiger partial charge in [-0.15, -0.1) is 9.35 Å². The third-order valence-corrected chi connectivity index (χ3v) is 6.03. The predicted octanol–water partition coefficient (Wildman–Crippen LogP) is 5.56. The van der Waals surface area contributed by atoms with Crippen molar-refractivity contribution in [2.75, 3.05) is 0 Å². The van der Waals surface area contributed by atoms with E-state index in [1.54, 1.807) is 18.2 Å². The van der Waals surface area contributed by atoms with Gasteiger partial charge in [0.1, 0.15) is 11.4 Å². The van der Waals surface area contributed by atoms with Crippen LogP contribution in [0.5, 0.6) is 5.75 Å². The van der Waals surface area contributed by atoms with Crippen LogP contribution in [0, 0.1) is 0 Å². The largest absolute Gasteiger partial charge is 0.525 e. The van der Waals surface area contributed by atoms with Gasteiger partial charge in [-0.1, -0.05) is 42.5 Å². The molecule has 3 aromatic rings. The van der Waals surface area contributed by atoms with Crippen LogP contribution in [0.15, 0.2) is 54.6 Å². The van der Waals surface area contributed by atoms with Gasteiger partial charge in [-0.2, -0.15) is 21.6 Å². The number of rotatable bonds is 5. The summed E-state index contributed by atoms with van der Waals surface area (Å²) in [5.74, 6) is -1.93. The molecule has 3 aromatic carbocycles. The molecule has 0 N–H and O–H groups in total. The van der Waals surface area contributed by atoms with Gasteiger partial charge in [0.15, 0.2) is 0 Å². The van der Waals surface area contributed by atoms with Gasteiger partial charge in [0.2, 0.25) is 0 Å². The highest BCUT2D eigenvalue weighted by molar-refractivity contribution is 7.87. The molecule has 0 bridgehead atoms. The number of amides is 2. The maximum Gasteiger partial charge on any atom is 0.525 e. The molecular weight excluding hydrogens is 499 g/mol. The summed E-state index contributed by atoms with van der Waals surface area (Å²) in [6.45, 7) is 5.82. The lowest BCUT2D eigenvalue weighted by atomic mass is 9.92. The van der Waals surface area contributed by atoms with Gasteiger partial charge >= 0.3 is 15.6 Å². The Bertz CT molecular complexity index is 1480. The van der Waals surface area contributed by atoms with E-state index in [0.717, 1.165) is 5.56 Å². The van der Waals surface area contributed by atoms with E-state index in [1.165, 1.54) is 18.2 Å². The highest BCUT2D eigenvalue weighted by atomic mass is 32.2. The SMILES string of the molecule is CC(C)(C)Oc1ccc(/C=C/c2ccc3c4c(cccc24)C(=O)N(OS(=O)(=O)C(F)(F)F)C3=O)cc1.